The quantitative estimate of drug-likeness (QED) is 0.630. The predicted octanol–water partition coefficient (Wildman–Crippen LogP) is 0.563. The number of nitrogens with one attached hydrogen (secondary N) is 3. The van der Waals surface area contributed by atoms with Gasteiger partial charge < -0.3 is 15.4 Å². The van der Waals surface area contributed by atoms with Crippen LogP contribution in [0.2, 0.25) is 0 Å². The molecule has 3 N–H and O–H groups in total. The van der Waals surface area contributed by atoms with Crippen LogP contribution in [0.3, 0.4) is 0 Å². The number of piperazine rings is 1. The molecule has 144 valence electrons. The molecule has 1 fully saturated rings. The molecule has 8 nitrogen and oxygen atoms in total. The standard InChI is InChI=1S/C19H25N5O3/c1-27-13-16-9-15(22-23-16)11-21-18(25)10-17-19(26)20-7-8-24(17)12-14-5-3-2-4-6-14/h2-6,9,17H,7-8,10-13H2,1H3,(H,20,26)(H,21,25)(H,22,23). The van der Waals surface area contributed by atoms with Gasteiger partial charge in [-0.15, -0.1) is 0 Å². The number of carbonyl (C=O) groups excluding carboxylic acids is 2. The molecule has 27 heavy (non-hydrogen) atoms. The number of benzene rings is 1. The van der Waals surface area contributed by atoms with Gasteiger partial charge in [-0.1, -0.05) is 30.3 Å². The summed E-state index contributed by atoms with van der Waals surface area (Å²) in [5.74, 6) is -0.269. The first-order valence-corrected chi connectivity index (χ1v) is 9.00. The van der Waals surface area contributed by atoms with Crippen LogP contribution in [-0.2, 0) is 34.0 Å². The second-order valence-electron chi connectivity index (χ2n) is 6.56. The van der Waals surface area contributed by atoms with E-state index in [1.807, 2.05) is 36.4 Å². The molecule has 1 aromatic heterocycles. The lowest BCUT2D eigenvalue weighted by atomic mass is 10.1. The van der Waals surface area contributed by atoms with Crippen LogP contribution in [0.1, 0.15) is 23.4 Å². The number of hydrogen-bond donors (Lipinski definition) is 3. The highest BCUT2D eigenvalue weighted by molar-refractivity contribution is 5.88. The molecular formula is C19H25N5O3. The molecule has 2 heterocycles. The van der Waals surface area contributed by atoms with E-state index in [9.17, 15) is 9.59 Å². The van der Waals surface area contributed by atoms with Gasteiger partial charge in [0, 0.05) is 26.7 Å². The van der Waals surface area contributed by atoms with E-state index in [-0.39, 0.29) is 18.2 Å². The molecule has 0 bridgehead atoms. The topological polar surface area (TPSA) is 99.3 Å². The van der Waals surface area contributed by atoms with Crippen molar-refractivity contribution in [2.75, 3.05) is 20.2 Å². The SMILES string of the molecule is COCc1cc(CNC(=O)CC2C(=O)NCCN2Cc2ccccc2)[nH]n1. The maximum Gasteiger partial charge on any atom is 0.237 e. The smallest absolute Gasteiger partial charge is 0.237 e. The van der Waals surface area contributed by atoms with Gasteiger partial charge >= 0.3 is 0 Å². The Kier molecular flexibility index (Phi) is 6.56. The molecule has 0 spiro atoms. The number of nitrogens with zero attached hydrogens (tertiary/aromatic N) is 2. The number of methoxy groups -OCH3 is 1. The van der Waals surface area contributed by atoms with Crippen LogP contribution in [0.15, 0.2) is 36.4 Å². The van der Waals surface area contributed by atoms with E-state index in [2.05, 4.69) is 25.7 Å². The van der Waals surface area contributed by atoms with Crippen molar-refractivity contribution in [2.45, 2.75) is 32.2 Å². The van der Waals surface area contributed by atoms with E-state index in [4.69, 9.17) is 4.74 Å². The Morgan fingerprint density at radius 1 is 1.37 bits per heavy atom. The first-order valence-electron chi connectivity index (χ1n) is 9.00. The molecule has 8 heteroatoms. The van der Waals surface area contributed by atoms with Gasteiger partial charge in [-0.3, -0.25) is 19.6 Å². The van der Waals surface area contributed by atoms with Crippen molar-refractivity contribution in [3.8, 4) is 0 Å². The maximum atomic E-state index is 12.4. The molecule has 1 atom stereocenters. The summed E-state index contributed by atoms with van der Waals surface area (Å²) in [7, 11) is 1.60. The van der Waals surface area contributed by atoms with Crippen molar-refractivity contribution in [1.29, 1.82) is 0 Å². The average molecular weight is 371 g/mol. The van der Waals surface area contributed by atoms with Gasteiger partial charge in [0.1, 0.15) is 0 Å². The number of amides is 2. The van der Waals surface area contributed by atoms with Crippen molar-refractivity contribution >= 4 is 11.8 Å². The van der Waals surface area contributed by atoms with Gasteiger partial charge in [0.2, 0.25) is 11.8 Å². The molecule has 1 aromatic carbocycles. The number of H-pyrrole nitrogens is 1. The Labute approximate surface area is 158 Å². The van der Waals surface area contributed by atoms with E-state index < -0.39 is 6.04 Å². The first kappa shape index (κ1) is 19.1. The molecule has 0 radical (unpaired) electrons. The number of rotatable bonds is 8. The highest BCUT2D eigenvalue weighted by atomic mass is 16.5. The van der Waals surface area contributed by atoms with Crippen molar-refractivity contribution in [1.82, 2.24) is 25.7 Å². The Bertz CT molecular complexity index is 762. The zero-order valence-electron chi connectivity index (χ0n) is 15.4. The van der Waals surface area contributed by atoms with E-state index in [1.165, 1.54) is 0 Å². The lowest BCUT2D eigenvalue weighted by Gasteiger charge is -2.34. The Balaban J connectivity index is 1.55. The third kappa shape index (κ3) is 5.38. The van der Waals surface area contributed by atoms with Gasteiger partial charge in [0.05, 0.1) is 37.0 Å². The lowest BCUT2D eigenvalue weighted by Crippen LogP contribution is -2.56. The number of hydrogen-bond acceptors (Lipinski definition) is 5. The predicted molar refractivity (Wildman–Crippen MR) is 99.4 cm³/mol. The van der Waals surface area contributed by atoms with Crippen LogP contribution < -0.4 is 10.6 Å². The third-order valence-electron chi connectivity index (χ3n) is 4.50. The number of aromatic amines is 1. The largest absolute Gasteiger partial charge is 0.378 e. The average Bonchev–Trinajstić information content (AvgIpc) is 3.12. The zero-order valence-corrected chi connectivity index (χ0v) is 15.4. The summed E-state index contributed by atoms with van der Waals surface area (Å²) in [4.78, 5) is 26.8. The zero-order chi connectivity index (χ0) is 19.1. The fourth-order valence-corrected chi connectivity index (χ4v) is 3.15. The molecule has 2 amide bonds. The van der Waals surface area contributed by atoms with Crippen molar-refractivity contribution in [3.05, 3.63) is 53.3 Å². The van der Waals surface area contributed by atoms with E-state index in [0.29, 0.717) is 26.2 Å². The van der Waals surface area contributed by atoms with E-state index in [0.717, 1.165) is 23.5 Å². The second-order valence-corrected chi connectivity index (χ2v) is 6.56. The summed E-state index contributed by atoms with van der Waals surface area (Å²) in [6, 6.07) is 11.3. The van der Waals surface area contributed by atoms with Crippen LogP contribution in [0.25, 0.3) is 0 Å². The van der Waals surface area contributed by atoms with Crippen LogP contribution >= 0.6 is 0 Å². The second kappa shape index (κ2) is 9.29. The normalized spacial score (nSPS) is 17.5. The number of aromatic nitrogens is 2. The molecule has 1 unspecified atom stereocenters. The van der Waals surface area contributed by atoms with E-state index >= 15 is 0 Å². The van der Waals surface area contributed by atoms with Crippen LogP contribution in [0.4, 0.5) is 0 Å². The molecule has 1 aliphatic heterocycles. The minimum Gasteiger partial charge on any atom is -0.378 e. The summed E-state index contributed by atoms with van der Waals surface area (Å²) in [6.45, 7) is 2.72. The van der Waals surface area contributed by atoms with Gasteiger partial charge in [0.15, 0.2) is 0 Å². The maximum absolute atomic E-state index is 12.4. The molecule has 1 aliphatic rings. The summed E-state index contributed by atoms with van der Waals surface area (Å²) in [6.07, 6.45) is 0.123. The molecule has 2 aromatic rings. The monoisotopic (exact) mass is 371 g/mol. The van der Waals surface area contributed by atoms with Crippen LogP contribution in [0, 0.1) is 0 Å². The summed E-state index contributed by atoms with van der Waals surface area (Å²) < 4.78 is 5.02. The Morgan fingerprint density at radius 3 is 2.96 bits per heavy atom. The number of ether oxygens (including phenoxy) is 1. The molecule has 1 saturated heterocycles. The Hall–Kier alpha value is -2.71. The minimum atomic E-state index is -0.468. The van der Waals surface area contributed by atoms with Crippen molar-refractivity contribution < 1.29 is 14.3 Å². The van der Waals surface area contributed by atoms with Gasteiger partial charge in [0.25, 0.3) is 0 Å². The van der Waals surface area contributed by atoms with E-state index in [1.54, 1.807) is 7.11 Å². The van der Waals surface area contributed by atoms with Gasteiger partial charge in [-0.25, -0.2) is 0 Å². The minimum absolute atomic E-state index is 0.101. The Morgan fingerprint density at radius 2 is 2.19 bits per heavy atom. The molecule has 0 aliphatic carbocycles. The van der Waals surface area contributed by atoms with Crippen LogP contribution in [0.5, 0.6) is 0 Å². The first-order chi connectivity index (χ1) is 13.2. The van der Waals surface area contributed by atoms with Gasteiger partial charge in [-0.2, -0.15) is 5.10 Å². The summed E-state index contributed by atoms with van der Waals surface area (Å²) in [5, 5.41) is 12.7. The van der Waals surface area contributed by atoms with Crippen molar-refractivity contribution in [3.63, 3.8) is 0 Å². The highest BCUT2D eigenvalue weighted by Crippen LogP contribution is 2.14. The third-order valence-corrected chi connectivity index (χ3v) is 4.50. The number of carbonyl (C=O) groups is 2. The summed E-state index contributed by atoms with van der Waals surface area (Å²) in [5.41, 5.74) is 2.70. The molecular weight excluding hydrogens is 346 g/mol. The summed E-state index contributed by atoms with van der Waals surface area (Å²) >= 11 is 0. The fraction of sp³-hybridized carbons (Fsp3) is 0.421. The lowest BCUT2D eigenvalue weighted by molar-refractivity contribution is -0.134. The molecule has 0 saturated carbocycles. The van der Waals surface area contributed by atoms with Crippen LogP contribution in [-0.4, -0.2) is 53.2 Å². The van der Waals surface area contributed by atoms with Crippen molar-refractivity contribution in [2.24, 2.45) is 0 Å². The molecule has 3 rings (SSSR count). The van der Waals surface area contributed by atoms with Gasteiger partial charge in [-0.05, 0) is 11.6 Å². The fourth-order valence-electron chi connectivity index (χ4n) is 3.15. The highest BCUT2D eigenvalue weighted by Gasteiger charge is 2.31.